The van der Waals surface area contributed by atoms with Crippen molar-refractivity contribution < 1.29 is 8.81 Å². The second-order valence-corrected chi connectivity index (χ2v) is 6.04. The zero-order valence-corrected chi connectivity index (χ0v) is 12.8. The van der Waals surface area contributed by atoms with Crippen LogP contribution in [0.3, 0.4) is 0 Å². The summed E-state index contributed by atoms with van der Waals surface area (Å²) in [4.78, 5) is 6.92. The summed E-state index contributed by atoms with van der Waals surface area (Å²) in [7, 11) is 0. The van der Waals surface area contributed by atoms with Gasteiger partial charge in [0.05, 0.1) is 5.69 Å². The lowest BCUT2D eigenvalue weighted by Crippen LogP contribution is -2.48. The Balaban J connectivity index is 1.72. The molecule has 1 aliphatic heterocycles. The van der Waals surface area contributed by atoms with Crippen LogP contribution in [0.1, 0.15) is 31.9 Å². The van der Waals surface area contributed by atoms with Gasteiger partial charge in [-0.2, -0.15) is 0 Å². The lowest BCUT2D eigenvalue weighted by atomic mass is 9.97. The van der Waals surface area contributed by atoms with Gasteiger partial charge in [0.25, 0.3) is 0 Å². The molecule has 0 amide bonds. The first kappa shape index (κ1) is 15.2. The largest absolute Gasteiger partial charge is 0.444 e. The number of oxazole rings is 1. The number of aromatic nitrogens is 1. The fraction of sp³-hybridized carbons (Fsp3) is 0.471. The highest BCUT2D eigenvalue weighted by molar-refractivity contribution is 5.52. The number of piperidine rings is 1. The summed E-state index contributed by atoms with van der Waals surface area (Å²) in [6.07, 6.45) is 5.26. The fourth-order valence-electron chi connectivity index (χ4n) is 3.12. The Hall–Kier alpha value is -1.72. The quantitative estimate of drug-likeness (QED) is 0.942. The molecule has 22 heavy (non-hydrogen) atoms. The Morgan fingerprint density at radius 1 is 1.36 bits per heavy atom. The molecule has 0 aliphatic carbocycles. The topological polar surface area (TPSA) is 55.3 Å². The van der Waals surface area contributed by atoms with Crippen LogP contribution in [0.2, 0.25) is 0 Å². The van der Waals surface area contributed by atoms with Crippen molar-refractivity contribution >= 4 is 0 Å². The molecular weight excluding hydrogens is 281 g/mol. The molecule has 0 spiro atoms. The molecule has 1 aliphatic rings. The van der Waals surface area contributed by atoms with Crippen molar-refractivity contribution in [2.75, 3.05) is 6.54 Å². The summed E-state index contributed by atoms with van der Waals surface area (Å²) in [6, 6.07) is 6.74. The average Bonchev–Trinajstić information content (AvgIpc) is 2.97. The summed E-state index contributed by atoms with van der Waals surface area (Å²) >= 11 is 0. The molecular formula is C17H22FN3O. The van der Waals surface area contributed by atoms with Crippen molar-refractivity contribution in [3.8, 4) is 11.5 Å². The molecule has 0 bridgehead atoms. The van der Waals surface area contributed by atoms with Crippen LogP contribution in [0.15, 0.2) is 34.9 Å². The van der Waals surface area contributed by atoms with Gasteiger partial charge in [0.15, 0.2) is 0 Å². The minimum absolute atomic E-state index is 0.156. The second kappa shape index (κ2) is 6.58. The molecule has 2 N–H and O–H groups in total. The lowest BCUT2D eigenvalue weighted by molar-refractivity contribution is 0.121. The molecule has 1 aromatic heterocycles. The Morgan fingerprint density at radius 2 is 2.14 bits per heavy atom. The van der Waals surface area contributed by atoms with Crippen LogP contribution in [-0.4, -0.2) is 28.5 Å². The van der Waals surface area contributed by atoms with Gasteiger partial charge in [0.1, 0.15) is 12.1 Å². The van der Waals surface area contributed by atoms with Crippen LogP contribution in [0.4, 0.5) is 4.39 Å². The van der Waals surface area contributed by atoms with Gasteiger partial charge in [-0.05, 0) is 50.6 Å². The van der Waals surface area contributed by atoms with Gasteiger partial charge in [-0.1, -0.05) is 6.42 Å². The third kappa shape index (κ3) is 3.36. The van der Waals surface area contributed by atoms with E-state index in [1.165, 1.54) is 25.0 Å². The average molecular weight is 303 g/mol. The summed E-state index contributed by atoms with van der Waals surface area (Å²) in [5.41, 5.74) is 7.78. The molecule has 2 atom stereocenters. The van der Waals surface area contributed by atoms with E-state index >= 15 is 0 Å². The maximum absolute atomic E-state index is 13.0. The molecule has 118 valence electrons. The van der Waals surface area contributed by atoms with Crippen LogP contribution >= 0.6 is 0 Å². The number of hydrogen-bond acceptors (Lipinski definition) is 4. The van der Waals surface area contributed by atoms with Gasteiger partial charge in [0, 0.05) is 24.2 Å². The predicted molar refractivity (Wildman–Crippen MR) is 83.6 cm³/mol. The zero-order chi connectivity index (χ0) is 15.5. The van der Waals surface area contributed by atoms with Crippen molar-refractivity contribution in [3.63, 3.8) is 0 Å². The van der Waals surface area contributed by atoms with Crippen LogP contribution in [0.5, 0.6) is 0 Å². The first-order valence-electron chi connectivity index (χ1n) is 7.83. The predicted octanol–water partition coefficient (Wildman–Crippen LogP) is 3.18. The van der Waals surface area contributed by atoms with E-state index in [0.717, 1.165) is 30.8 Å². The Labute approximate surface area is 130 Å². The van der Waals surface area contributed by atoms with Gasteiger partial charge in [-0.15, -0.1) is 0 Å². The number of halogens is 1. The van der Waals surface area contributed by atoms with Crippen molar-refractivity contribution in [3.05, 3.63) is 42.0 Å². The maximum Gasteiger partial charge on any atom is 0.226 e. The molecule has 0 saturated carbocycles. The highest BCUT2D eigenvalue weighted by Crippen LogP contribution is 2.23. The number of nitrogens with two attached hydrogens (primary N) is 1. The Bertz CT molecular complexity index is 609. The first-order valence-corrected chi connectivity index (χ1v) is 7.83. The molecule has 0 radical (unpaired) electrons. The van der Waals surface area contributed by atoms with E-state index in [1.54, 1.807) is 18.4 Å². The third-order valence-corrected chi connectivity index (χ3v) is 4.28. The highest BCUT2D eigenvalue weighted by Gasteiger charge is 2.26. The number of hydrogen-bond donors (Lipinski definition) is 1. The zero-order valence-electron chi connectivity index (χ0n) is 12.8. The van der Waals surface area contributed by atoms with Gasteiger partial charge in [-0.3, -0.25) is 4.90 Å². The lowest BCUT2D eigenvalue weighted by Gasteiger charge is -2.37. The third-order valence-electron chi connectivity index (χ3n) is 4.28. The molecule has 1 aromatic carbocycles. The molecule has 5 heteroatoms. The molecule has 2 heterocycles. The van der Waals surface area contributed by atoms with Crippen LogP contribution < -0.4 is 5.73 Å². The van der Waals surface area contributed by atoms with E-state index in [0.29, 0.717) is 11.9 Å². The molecule has 2 aromatic rings. The number of nitrogens with zero attached hydrogens (tertiary/aromatic N) is 2. The number of rotatable bonds is 4. The SMILES string of the molecule is CC(N)C1CCCCN1Cc1coc(-c2ccc(F)cc2)n1. The van der Waals surface area contributed by atoms with Crippen LogP contribution in [-0.2, 0) is 6.54 Å². The molecule has 1 fully saturated rings. The second-order valence-electron chi connectivity index (χ2n) is 6.04. The van der Waals surface area contributed by atoms with Crippen LogP contribution in [0.25, 0.3) is 11.5 Å². The monoisotopic (exact) mass is 303 g/mol. The number of benzene rings is 1. The minimum Gasteiger partial charge on any atom is -0.444 e. The van der Waals surface area contributed by atoms with Crippen molar-refractivity contribution in [2.45, 2.75) is 44.8 Å². The van der Waals surface area contributed by atoms with Gasteiger partial charge < -0.3 is 10.2 Å². The summed E-state index contributed by atoms with van der Waals surface area (Å²) in [5, 5.41) is 0. The van der Waals surface area contributed by atoms with Crippen LogP contribution in [0, 0.1) is 5.82 Å². The van der Waals surface area contributed by atoms with Gasteiger partial charge >= 0.3 is 0 Å². The van der Waals surface area contributed by atoms with E-state index in [9.17, 15) is 4.39 Å². The van der Waals surface area contributed by atoms with E-state index in [2.05, 4.69) is 16.8 Å². The summed E-state index contributed by atoms with van der Waals surface area (Å²) in [6.45, 7) is 3.86. The van der Waals surface area contributed by atoms with Gasteiger partial charge in [0.2, 0.25) is 5.89 Å². The molecule has 2 unspecified atom stereocenters. The van der Waals surface area contributed by atoms with E-state index in [1.807, 2.05) is 0 Å². The van der Waals surface area contributed by atoms with E-state index in [4.69, 9.17) is 10.2 Å². The Kier molecular flexibility index (Phi) is 4.55. The summed E-state index contributed by atoms with van der Waals surface area (Å²) in [5.74, 6) is 0.271. The van der Waals surface area contributed by atoms with Crippen molar-refractivity contribution in [1.82, 2.24) is 9.88 Å². The molecule has 3 rings (SSSR count). The van der Waals surface area contributed by atoms with E-state index in [-0.39, 0.29) is 11.9 Å². The smallest absolute Gasteiger partial charge is 0.226 e. The summed E-state index contributed by atoms with van der Waals surface area (Å²) < 4.78 is 18.5. The van der Waals surface area contributed by atoms with Crippen molar-refractivity contribution in [2.24, 2.45) is 5.73 Å². The van der Waals surface area contributed by atoms with Crippen molar-refractivity contribution in [1.29, 1.82) is 0 Å². The standard InChI is InChI=1S/C17H22FN3O/c1-12(19)16-4-2-3-9-21(16)10-15-11-22-17(20-15)13-5-7-14(18)8-6-13/h5-8,11-12,16H,2-4,9-10,19H2,1H3. The first-order chi connectivity index (χ1) is 10.6. The minimum atomic E-state index is -0.261. The molecule has 4 nitrogen and oxygen atoms in total. The fourth-order valence-corrected chi connectivity index (χ4v) is 3.12. The van der Waals surface area contributed by atoms with Gasteiger partial charge in [-0.25, -0.2) is 9.37 Å². The number of likely N-dealkylation sites (tertiary alicyclic amines) is 1. The Morgan fingerprint density at radius 3 is 2.86 bits per heavy atom. The molecule has 1 saturated heterocycles. The maximum atomic E-state index is 13.0. The highest BCUT2D eigenvalue weighted by atomic mass is 19.1. The normalized spacial score (nSPS) is 21.0. The van der Waals surface area contributed by atoms with E-state index < -0.39 is 0 Å².